The van der Waals surface area contributed by atoms with Crippen molar-refractivity contribution < 1.29 is 9.47 Å². The third-order valence-electron chi connectivity index (χ3n) is 4.46. The number of nitrogens with two attached hydrogens (primary N) is 1. The van der Waals surface area contributed by atoms with E-state index in [0.29, 0.717) is 0 Å². The van der Waals surface area contributed by atoms with Crippen LogP contribution in [0.4, 0.5) is 0 Å². The first-order chi connectivity index (χ1) is 9.14. The number of benzene rings is 1. The van der Waals surface area contributed by atoms with E-state index in [-0.39, 0.29) is 5.41 Å². The predicted octanol–water partition coefficient (Wildman–Crippen LogP) is 3.07. The van der Waals surface area contributed by atoms with Gasteiger partial charge >= 0.3 is 0 Å². The molecule has 1 aromatic rings. The van der Waals surface area contributed by atoms with E-state index in [4.69, 9.17) is 15.2 Å². The minimum absolute atomic E-state index is 0.257. The fraction of sp³-hybridized carbons (Fsp3) is 0.625. The van der Waals surface area contributed by atoms with E-state index < -0.39 is 0 Å². The zero-order valence-corrected chi connectivity index (χ0v) is 12.3. The van der Waals surface area contributed by atoms with Crippen LogP contribution in [0.1, 0.15) is 36.8 Å². The van der Waals surface area contributed by atoms with Crippen LogP contribution in [0.3, 0.4) is 0 Å². The molecule has 0 spiro atoms. The molecule has 0 atom stereocenters. The smallest absolute Gasteiger partial charge is 0.122 e. The van der Waals surface area contributed by atoms with Gasteiger partial charge in [-0.25, -0.2) is 0 Å². The van der Waals surface area contributed by atoms with Gasteiger partial charge in [-0.3, -0.25) is 0 Å². The summed E-state index contributed by atoms with van der Waals surface area (Å²) in [4.78, 5) is 0. The first-order valence-electron chi connectivity index (χ1n) is 7.06. The maximum absolute atomic E-state index is 6.04. The molecule has 1 fully saturated rings. The third-order valence-corrected chi connectivity index (χ3v) is 4.46. The Kier molecular flexibility index (Phi) is 4.35. The molecule has 1 saturated carbocycles. The third kappa shape index (κ3) is 2.86. The molecule has 3 nitrogen and oxygen atoms in total. The quantitative estimate of drug-likeness (QED) is 0.888. The van der Waals surface area contributed by atoms with Gasteiger partial charge in [-0.2, -0.15) is 0 Å². The van der Waals surface area contributed by atoms with Crippen molar-refractivity contribution in [2.45, 2.75) is 39.0 Å². The van der Waals surface area contributed by atoms with Crippen molar-refractivity contribution in [3.05, 3.63) is 23.3 Å². The summed E-state index contributed by atoms with van der Waals surface area (Å²) in [5, 5.41) is 0. The highest BCUT2D eigenvalue weighted by Gasteiger charge is 2.33. The van der Waals surface area contributed by atoms with Gasteiger partial charge in [0.05, 0.1) is 14.2 Å². The second kappa shape index (κ2) is 5.83. The highest BCUT2D eigenvalue weighted by molar-refractivity contribution is 5.46. The molecule has 1 aliphatic rings. The summed E-state index contributed by atoms with van der Waals surface area (Å²) in [5.74, 6) is 1.89. The Morgan fingerprint density at radius 3 is 2.26 bits per heavy atom. The minimum Gasteiger partial charge on any atom is -0.496 e. The Morgan fingerprint density at radius 1 is 1.11 bits per heavy atom. The molecular weight excluding hydrogens is 238 g/mol. The standard InChI is InChI=1S/C16H25NO2/c1-12-8-15(19-3)13(9-14(12)18-2)10-16(11-17)6-4-5-7-16/h8-9H,4-7,10-11,17H2,1-3H3. The number of rotatable bonds is 5. The van der Waals surface area contributed by atoms with Crippen molar-refractivity contribution in [3.8, 4) is 11.5 Å². The van der Waals surface area contributed by atoms with Crippen molar-refractivity contribution in [2.24, 2.45) is 11.1 Å². The maximum Gasteiger partial charge on any atom is 0.122 e. The van der Waals surface area contributed by atoms with Crippen LogP contribution in [-0.4, -0.2) is 20.8 Å². The predicted molar refractivity (Wildman–Crippen MR) is 77.9 cm³/mol. The van der Waals surface area contributed by atoms with E-state index in [1.165, 1.54) is 31.2 Å². The summed E-state index contributed by atoms with van der Waals surface area (Å²) >= 11 is 0. The van der Waals surface area contributed by atoms with Gasteiger partial charge < -0.3 is 15.2 Å². The van der Waals surface area contributed by atoms with Gasteiger partial charge in [-0.1, -0.05) is 12.8 Å². The summed E-state index contributed by atoms with van der Waals surface area (Å²) in [6.45, 7) is 2.80. The first kappa shape index (κ1) is 14.2. The minimum atomic E-state index is 0.257. The number of hydrogen-bond donors (Lipinski definition) is 1. The molecule has 0 unspecified atom stereocenters. The lowest BCUT2D eigenvalue weighted by Crippen LogP contribution is -2.29. The summed E-state index contributed by atoms with van der Waals surface area (Å²) in [6.07, 6.45) is 6.03. The summed E-state index contributed by atoms with van der Waals surface area (Å²) in [5.41, 5.74) is 8.62. The highest BCUT2D eigenvalue weighted by atomic mass is 16.5. The number of methoxy groups -OCH3 is 2. The number of hydrogen-bond acceptors (Lipinski definition) is 3. The van der Waals surface area contributed by atoms with Crippen molar-refractivity contribution in [3.63, 3.8) is 0 Å². The van der Waals surface area contributed by atoms with E-state index in [2.05, 4.69) is 12.1 Å². The lowest BCUT2D eigenvalue weighted by atomic mass is 9.79. The van der Waals surface area contributed by atoms with Gasteiger partial charge in [0.2, 0.25) is 0 Å². The van der Waals surface area contributed by atoms with E-state index in [1.807, 2.05) is 6.92 Å². The molecule has 0 amide bonds. The molecule has 19 heavy (non-hydrogen) atoms. The van der Waals surface area contributed by atoms with Gasteiger partial charge in [0.25, 0.3) is 0 Å². The summed E-state index contributed by atoms with van der Waals surface area (Å²) < 4.78 is 11.0. The topological polar surface area (TPSA) is 44.5 Å². The van der Waals surface area contributed by atoms with E-state index in [1.54, 1.807) is 14.2 Å². The lowest BCUT2D eigenvalue weighted by molar-refractivity contribution is 0.299. The number of ether oxygens (including phenoxy) is 2. The molecule has 0 bridgehead atoms. The molecule has 0 saturated heterocycles. The lowest BCUT2D eigenvalue weighted by Gasteiger charge is -2.28. The van der Waals surface area contributed by atoms with Crippen LogP contribution in [-0.2, 0) is 6.42 Å². The molecule has 106 valence electrons. The molecule has 2 rings (SSSR count). The second-order valence-electron chi connectivity index (χ2n) is 5.72. The fourth-order valence-corrected chi connectivity index (χ4v) is 3.23. The normalized spacial score (nSPS) is 17.5. The van der Waals surface area contributed by atoms with Crippen molar-refractivity contribution in [1.29, 1.82) is 0 Å². The van der Waals surface area contributed by atoms with Gasteiger partial charge in [-0.05, 0) is 61.4 Å². The van der Waals surface area contributed by atoms with Crippen LogP contribution in [0.25, 0.3) is 0 Å². The first-order valence-corrected chi connectivity index (χ1v) is 7.06. The molecule has 0 radical (unpaired) electrons. The molecular formula is C16H25NO2. The molecule has 1 aromatic carbocycles. The van der Waals surface area contributed by atoms with E-state index >= 15 is 0 Å². The highest BCUT2D eigenvalue weighted by Crippen LogP contribution is 2.42. The Balaban J connectivity index is 2.32. The molecule has 0 aliphatic heterocycles. The Bertz CT molecular complexity index is 437. The van der Waals surface area contributed by atoms with Crippen molar-refractivity contribution in [2.75, 3.05) is 20.8 Å². The van der Waals surface area contributed by atoms with Crippen LogP contribution in [0.2, 0.25) is 0 Å². The Morgan fingerprint density at radius 2 is 1.74 bits per heavy atom. The average molecular weight is 263 g/mol. The van der Waals surface area contributed by atoms with E-state index in [9.17, 15) is 0 Å². The fourth-order valence-electron chi connectivity index (χ4n) is 3.23. The van der Waals surface area contributed by atoms with Crippen molar-refractivity contribution >= 4 is 0 Å². The molecule has 3 heteroatoms. The molecule has 0 heterocycles. The largest absolute Gasteiger partial charge is 0.496 e. The zero-order valence-electron chi connectivity index (χ0n) is 12.3. The molecule has 0 aromatic heterocycles. The van der Waals surface area contributed by atoms with Gasteiger partial charge in [0.1, 0.15) is 11.5 Å². The van der Waals surface area contributed by atoms with E-state index in [0.717, 1.165) is 30.0 Å². The monoisotopic (exact) mass is 263 g/mol. The van der Waals surface area contributed by atoms with Crippen LogP contribution in [0.15, 0.2) is 12.1 Å². The SMILES string of the molecule is COc1cc(CC2(CN)CCCC2)c(OC)cc1C. The Hall–Kier alpha value is -1.22. The van der Waals surface area contributed by atoms with Crippen LogP contribution in [0, 0.1) is 12.3 Å². The molecule has 1 aliphatic carbocycles. The number of aryl methyl sites for hydroxylation is 1. The van der Waals surface area contributed by atoms with Gasteiger partial charge in [-0.15, -0.1) is 0 Å². The summed E-state index contributed by atoms with van der Waals surface area (Å²) in [6, 6.07) is 4.18. The van der Waals surface area contributed by atoms with Crippen LogP contribution >= 0.6 is 0 Å². The van der Waals surface area contributed by atoms with Gasteiger partial charge in [0, 0.05) is 0 Å². The summed E-state index contributed by atoms with van der Waals surface area (Å²) in [7, 11) is 3.45. The average Bonchev–Trinajstić information content (AvgIpc) is 2.89. The Labute approximate surface area is 116 Å². The van der Waals surface area contributed by atoms with Crippen LogP contribution in [0.5, 0.6) is 11.5 Å². The second-order valence-corrected chi connectivity index (χ2v) is 5.72. The van der Waals surface area contributed by atoms with Gasteiger partial charge in [0.15, 0.2) is 0 Å². The zero-order chi connectivity index (χ0) is 13.9. The molecule has 2 N–H and O–H groups in total. The van der Waals surface area contributed by atoms with Crippen LogP contribution < -0.4 is 15.2 Å². The maximum atomic E-state index is 6.04. The van der Waals surface area contributed by atoms with Crippen molar-refractivity contribution in [1.82, 2.24) is 0 Å².